The van der Waals surface area contributed by atoms with Crippen molar-refractivity contribution in [2.75, 3.05) is 25.0 Å². The summed E-state index contributed by atoms with van der Waals surface area (Å²) in [6, 6.07) is 5.58. The summed E-state index contributed by atoms with van der Waals surface area (Å²) >= 11 is 0. The van der Waals surface area contributed by atoms with Gasteiger partial charge in [0.05, 0.1) is 4.92 Å². The molecule has 2 unspecified atom stereocenters. The number of likely N-dealkylation sites (tertiary alicyclic amines) is 1. The molecular formula is C16H23N3O2. The zero-order valence-electron chi connectivity index (χ0n) is 12.5. The number of rotatable bonds is 5. The molecule has 1 heterocycles. The number of anilines is 1. The van der Waals surface area contributed by atoms with Gasteiger partial charge in [-0.05, 0) is 43.2 Å². The second kappa shape index (κ2) is 6.02. The highest BCUT2D eigenvalue weighted by Gasteiger charge is 2.35. The van der Waals surface area contributed by atoms with Crippen LogP contribution in [0.25, 0.3) is 0 Å². The Labute approximate surface area is 125 Å². The first-order valence-electron chi connectivity index (χ1n) is 7.91. The summed E-state index contributed by atoms with van der Waals surface area (Å²) in [6.07, 6.45) is 4.10. The minimum absolute atomic E-state index is 0.189. The Kier molecular flexibility index (Phi) is 4.10. The molecule has 0 amide bonds. The van der Waals surface area contributed by atoms with Crippen molar-refractivity contribution in [2.24, 2.45) is 11.8 Å². The Morgan fingerprint density at radius 3 is 2.67 bits per heavy atom. The van der Waals surface area contributed by atoms with Gasteiger partial charge >= 0.3 is 0 Å². The smallest absolute Gasteiger partial charge is 0.292 e. The van der Waals surface area contributed by atoms with Gasteiger partial charge in [0.1, 0.15) is 5.69 Å². The molecule has 1 aromatic carbocycles. The van der Waals surface area contributed by atoms with Crippen LogP contribution in [0.3, 0.4) is 0 Å². The summed E-state index contributed by atoms with van der Waals surface area (Å²) in [5.74, 6) is 1.72. The average molecular weight is 289 g/mol. The minimum atomic E-state index is -0.291. The highest BCUT2D eigenvalue weighted by molar-refractivity contribution is 5.62. The lowest BCUT2D eigenvalue weighted by molar-refractivity contribution is -0.384. The van der Waals surface area contributed by atoms with Gasteiger partial charge in [-0.2, -0.15) is 0 Å². The maximum absolute atomic E-state index is 11.2. The summed E-state index contributed by atoms with van der Waals surface area (Å²) in [5.41, 5.74) is 1.85. The summed E-state index contributed by atoms with van der Waals surface area (Å²) in [7, 11) is 0. The van der Waals surface area contributed by atoms with Crippen LogP contribution < -0.4 is 5.32 Å². The standard InChI is InChI=1S/C16H23N3O2/c1-2-17-15-7-6-12(8-16(15)19(20)21)9-18-10-13-4-3-5-14(13)11-18/h6-8,13-14,17H,2-5,9-11H2,1H3. The van der Waals surface area contributed by atoms with Crippen LogP contribution in [-0.2, 0) is 6.54 Å². The molecule has 5 heteroatoms. The van der Waals surface area contributed by atoms with Crippen molar-refractivity contribution in [3.63, 3.8) is 0 Å². The lowest BCUT2D eigenvalue weighted by atomic mass is 10.0. The molecule has 3 rings (SSSR count). The number of nitro groups is 1. The molecule has 1 N–H and O–H groups in total. The van der Waals surface area contributed by atoms with Crippen LogP contribution in [-0.4, -0.2) is 29.5 Å². The zero-order valence-corrected chi connectivity index (χ0v) is 12.5. The molecule has 5 nitrogen and oxygen atoms in total. The fourth-order valence-electron chi connectivity index (χ4n) is 3.89. The molecule has 2 atom stereocenters. The fraction of sp³-hybridized carbons (Fsp3) is 0.625. The van der Waals surface area contributed by atoms with Gasteiger partial charge in [0.15, 0.2) is 0 Å². The van der Waals surface area contributed by atoms with Crippen LogP contribution in [0.15, 0.2) is 18.2 Å². The summed E-state index contributed by atoms with van der Waals surface area (Å²) in [6.45, 7) is 5.79. The normalized spacial score (nSPS) is 25.0. The molecule has 2 aliphatic rings. The zero-order chi connectivity index (χ0) is 14.8. The van der Waals surface area contributed by atoms with E-state index >= 15 is 0 Å². The maximum Gasteiger partial charge on any atom is 0.292 e. The van der Waals surface area contributed by atoms with E-state index in [1.165, 1.54) is 19.3 Å². The number of nitrogens with one attached hydrogen (secondary N) is 1. The average Bonchev–Trinajstić information content (AvgIpc) is 3.01. The van der Waals surface area contributed by atoms with Crippen molar-refractivity contribution in [2.45, 2.75) is 32.7 Å². The molecule has 1 aliphatic heterocycles. The molecule has 2 fully saturated rings. The van der Waals surface area contributed by atoms with Crippen LogP contribution in [0.4, 0.5) is 11.4 Å². The Hall–Kier alpha value is -1.62. The Bertz CT molecular complexity index is 520. The predicted molar refractivity (Wildman–Crippen MR) is 83.4 cm³/mol. The van der Waals surface area contributed by atoms with E-state index in [0.717, 1.165) is 37.0 Å². The molecule has 1 aromatic rings. The number of nitro benzene ring substituents is 1. The van der Waals surface area contributed by atoms with Gasteiger partial charge in [0.2, 0.25) is 0 Å². The number of benzene rings is 1. The minimum Gasteiger partial charge on any atom is -0.380 e. The van der Waals surface area contributed by atoms with Gasteiger partial charge in [0, 0.05) is 32.2 Å². The molecule has 1 aliphatic carbocycles. The third kappa shape index (κ3) is 3.02. The van der Waals surface area contributed by atoms with Crippen LogP contribution in [0.5, 0.6) is 0 Å². The van der Waals surface area contributed by atoms with Crippen molar-refractivity contribution < 1.29 is 4.92 Å². The van der Waals surface area contributed by atoms with Gasteiger partial charge in [-0.1, -0.05) is 12.5 Å². The van der Waals surface area contributed by atoms with E-state index < -0.39 is 0 Å². The monoisotopic (exact) mass is 289 g/mol. The highest BCUT2D eigenvalue weighted by Crippen LogP contribution is 2.38. The molecule has 0 spiro atoms. The third-order valence-electron chi connectivity index (χ3n) is 4.83. The van der Waals surface area contributed by atoms with Crippen molar-refractivity contribution >= 4 is 11.4 Å². The van der Waals surface area contributed by atoms with Crippen LogP contribution in [0.1, 0.15) is 31.7 Å². The van der Waals surface area contributed by atoms with Gasteiger partial charge in [-0.15, -0.1) is 0 Å². The molecule has 21 heavy (non-hydrogen) atoms. The van der Waals surface area contributed by atoms with Crippen LogP contribution in [0, 0.1) is 22.0 Å². The highest BCUT2D eigenvalue weighted by atomic mass is 16.6. The van der Waals surface area contributed by atoms with Gasteiger partial charge in [-0.25, -0.2) is 0 Å². The second-order valence-corrected chi connectivity index (χ2v) is 6.28. The summed E-state index contributed by atoms with van der Waals surface area (Å²) in [5, 5.41) is 14.3. The molecule has 1 saturated heterocycles. The van der Waals surface area contributed by atoms with E-state index in [-0.39, 0.29) is 10.6 Å². The van der Waals surface area contributed by atoms with E-state index in [1.807, 2.05) is 19.1 Å². The Morgan fingerprint density at radius 1 is 1.33 bits per heavy atom. The number of fused-ring (bicyclic) bond motifs is 1. The number of hydrogen-bond donors (Lipinski definition) is 1. The first kappa shape index (κ1) is 14.3. The van der Waals surface area contributed by atoms with Crippen molar-refractivity contribution in [1.29, 1.82) is 0 Å². The molecule has 0 aromatic heterocycles. The molecular weight excluding hydrogens is 266 g/mol. The Balaban J connectivity index is 1.71. The van der Waals surface area contributed by atoms with E-state index in [1.54, 1.807) is 6.07 Å². The SMILES string of the molecule is CCNc1ccc(CN2CC3CCCC3C2)cc1[N+](=O)[O-]. The largest absolute Gasteiger partial charge is 0.380 e. The maximum atomic E-state index is 11.2. The second-order valence-electron chi connectivity index (χ2n) is 6.28. The van der Waals surface area contributed by atoms with Crippen molar-refractivity contribution in [1.82, 2.24) is 4.90 Å². The van der Waals surface area contributed by atoms with E-state index in [4.69, 9.17) is 0 Å². The fourth-order valence-corrected chi connectivity index (χ4v) is 3.89. The van der Waals surface area contributed by atoms with E-state index in [2.05, 4.69) is 10.2 Å². The topological polar surface area (TPSA) is 58.4 Å². The first-order valence-corrected chi connectivity index (χ1v) is 7.91. The molecule has 0 radical (unpaired) electrons. The Morgan fingerprint density at radius 2 is 2.05 bits per heavy atom. The summed E-state index contributed by atoms with van der Waals surface area (Å²) < 4.78 is 0. The molecule has 1 saturated carbocycles. The van der Waals surface area contributed by atoms with E-state index in [0.29, 0.717) is 12.2 Å². The third-order valence-corrected chi connectivity index (χ3v) is 4.83. The number of nitrogens with zero attached hydrogens (tertiary/aromatic N) is 2. The van der Waals surface area contributed by atoms with Gasteiger partial charge < -0.3 is 5.32 Å². The van der Waals surface area contributed by atoms with Crippen molar-refractivity contribution in [3.8, 4) is 0 Å². The van der Waals surface area contributed by atoms with Crippen molar-refractivity contribution in [3.05, 3.63) is 33.9 Å². The molecule has 114 valence electrons. The van der Waals surface area contributed by atoms with Gasteiger partial charge in [-0.3, -0.25) is 15.0 Å². The number of hydrogen-bond acceptors (Lipinski definition) is 4. The summed E-state index contributed by atoms with van der Waals surface area (Å²) in [4.78, 5) is 13.4. The van der Waals surface area contributed by atoms with Crippen LogP contribution >= 0.6 is 0 Å². The lowest BCUT2D eigenvalue weighted by Crippen LogP contribution is -2.21. The lowest BCUT2D eigenvalue weighted by Gasteiger charge is -2.17. The van der Waals surface area contributed by atoms with Gasteiger partial charge in [0.25, 0.3) is 5.69 Å². The predicted octanol–water partition coefficient (Wildman–Crippen LogP) is 3.26. The first-order chi connectivity index (χ1) is 10.2. The van der Waals surface area contributed by atoms with Crippen LogP contribution in [0.2, 0.25) is 0 Å². The quantitative estimate of drug-likeness (QED) is 0.667. The van der Waals surface area contributed by atoms with E-state index in [9.17, 15) is 10.1 Å². The molecule has 0 bridgehead atoms.